The molecule has 0 aliphatic carbocycles. The van der Waals surface area contributed by atoms with Crippen LogP contribution in [0.2, 0.25) is 0 Å². The average Bonchev–Trinajstić information content (AvgIpc) is 2.91. The summed E-state index contributed by atoms with van der Waals surface area (Å²) in [5.74, 6) is -3.16. The number of fused-ring (bicyclic) bond motifs is 1. The lowest BCUT2D eigenvalue weighted by Crippen LogP contribution is -2.45. The zero-order valence-corrected chi connectivity index (χ0v) is 15.3. The third-order valence-corrected chi connectivity index (χ3v) is 7.05. The Kier molecular flexibility index (Phi) is 4.16. The number of carbonyl (C=O) groups is 2. The first-order valence-electron chi connectivity index (χ1n) is 7.33. The summed E-state index contributed by atoms with van der Waals surface area (Å²) in [6, 6.07) is 5.32. The van der Waals surface area contributed by atoms with E-state index in [0.29, 0.717) is 20.4 Å². The highest BCUT2D eigenvalue weighted by atomic mass is 32.2. The maximum absolute atomic E-state index is 13.2. The highest BCUT2D eigenvalue weighted by Crippen LogP contribution is 2.40. The van der Waals surface area contributed by atoms with E-state index in [9.17, 15) is 22.4 Å². The molecule has 9 heteroatoms. The van der Waals surface area contributed by atoms with E-state index >= 15 is 0 Å². The number of hydrogen-bond acceptors (Lipinski definition) is 5. The van der Waals surface area contributed by atoms with Crippen LogP contribution in [0.1, 0.15) is 21.2 Å². The minimum absolute atomic E-state index is 0.0203. The van der Waals surface area contributed by atoms with Gasteiger partial charge < -0.3 is 5.32 Å². The van der Waals surface area contributed by atoms with Gasteiger partial charge in [-0.3, -0.25) is 9.59 Å². The van der Waals surface area contributed by atoms with Gasteiger partial charge in [0.15, 0.2) is 5.92 Å². The molecule has 0 bridgehead atoms. The molecule has 6 nitrogen and oxygen atoms in total. The van der Waals surface area contributed by atoms with Crippen molar-refractivity contribution in [1.29, 1.82) is 0 Å². The third kappa shape index (κ3) is 2.83. The Balaban J connectivity index is 2.03. The summed E-state index contributed by atoms with van der Waals surface area (Å²) in [6.07, 6.45) is 0. The van der Waals surface area contributed by atoms with Gasteiger partial charge >= 0.3 is 0 Å². The molecule has 0 fully saturated rings. The molecule has 1 aromatic heterocycles. The smallest absolute Gasteiger partial charge is 0.267 e. The SMILES string of the molecule is Cc1cc2c(s1)C(C(=O)Nc1ccc(F)cc1C)C(=O)N(C)S2(=O)=O. The Labute approximate surface area is 148 Å². The normalized spacial score (nSPS) is 18.8. The number of nitrogens with one attached hydrogen (secondary N) is 1. The van der Waals surface area contributed by atoms with Crippen LogP contribution in [0.15, 0.2) is 29.2 Å². The van der Waals surface area contributed by atoms with E-state index in [0.717, 1.165) is 18.4 Å². The van der Waals surface area contributed by atoms with Crippen molar-refractivity contribution < 1.29 is 22.4 Å². The number of amides is 2. The fourth-order valence-corrected chi connectivity index (χ4v) is 5.53. The number of halogens is 1. The molecule has 1 aromatic carbocycles. The first-order chi connectivity index (χ1) is 11.6. The van der Waals surface area contributed by atoms with Crippen molar-refractivity contribution >= 4 is 38.9 Å². The molecule has 2 heterocycles. The Hall–Kier alpha value is -2.26. The van der Waals surface area contributed by atoms with Gasteiger partial charge in [-0.05, 0) is 43.7 Å². The molecule has 25 heavy (non-hydrogen) atoms. The Morgan fingerprint density at radius 1 is 1.28 bits per heavy atom. The second-order valence-corrected chi connectivity index (χ2v) is 9.00. The fraction of sp³-hybridized carbons (Fsp3) is 0.250. The minimum Gasteiger partial charge on any atom is -0.325 e. The Morgan fingerprint density at radius 2 is 1.96 bits per heavy atom. The number of sulfonamides is 1. The number of carbonyl (C=O) groups excluding carboxylic acids is 2. The highest BCUT2D eigenvalue weighted by molar-refractivity contribution is 7.90. The minimum atomic E-state index is -3.94. The summed E-state index contributed by atoms with van der Waals surface area (Å²) >= 11 is 1.10. The molecule has 1 N–H and O–H groups in total. The van der Waals surface area contributed by atoms with Crippen LogP contribution < -0.4 is 5.32 Å². The van der Waals surface area contributed by atoms with Crippen LogP contribution >= 0.6 is 11.3 Å². The lowest BCUT2D eigenvalue weighted by Gasteiger charge is -2.28. The van der Waals surface area contributed by atoms with Crippen LogP contribution in [-0.2, 0) is 19.6 Å². The molecule has 2 amide bonds. The highest BCUT2D eigenvalue weighted by Gasteiger charge is 2.46. The predicted octanol–water partition coefficient (Wildman–Crippen LogP) is 2.39. The second kappa shape index (κ2) is 5.92. The van der Waals surface area contributed by atoms with Gasteiger partial charge in [0.05, 0.1) is 0 Å². The Bertz CT molecular complexity index is 998. The van der Waals surface area contributed by atoms with Gasteiger partial charge in [0.2, 0.25) is 5.91 Å². The maximum atomic E-state index is 13.2. The van der Waals surface area contributed by atoms with E-state index in [2.05, 4.69) is 5.32 Å². The van der Waals surface area contributed by atoms with Crippen LogP contribution in [0.5, 0.6) is 0 Å². The van der Waals surface area contributed by atoms with Gasteiger partial charge in [0, 0.05) is 22.5 Å². The molecular formula is C16H15FN2O4S2. The molecular weight excluding hydrogens is 367 g/mol. The van der Waals surface area contributed by atoms with Crippen molar-refractivity contribution in [2.45, 2.75) is 24.7 Å². The molecule has 1 atom stereocenters. The van der Waals surface area contributed by atoms with Gasteiger partial charge in [-0.1, -0.05) is 0 Å². The molecule has 1 aliphatic heterocycles. The van der Waals surface area contributed by atoms with Gasteiger partial charge in [-0.25, -0.2) is 17.1 Å². The maximum Gasteiger partial charge on any atom is 0.267 e. The summed E-state index contributed by atoms with van der Waals surface area (Å²) < 4.78 is 38.6. The van der Waals surface area contributed by atoms with Crippen molar-refractivity contribution in [3.05, 3.63) is 45.4 Å². The van der Waals surface area contributed by atoms with E-state index in [4.69, 9.17) is 0 Å². The number of benzene rings is 1. The topological polar surface area (TPSA) is 83.6 Å². The monoisotopic (exact) mass is 382 g/mol. The van der Waals surface area contributed by atoms with Crippen molar-refractivity contribution in [3.63, 3.8) is 0 Å². The molecule has 3 rings (SSSR count). The first-order valence-corrected chi connectivity index (χ1v) is 9.58. The van der Waals surface area contributed by atoms with Crippen molar-refractivity contribution in [2.24, 2.45) is 0 Å². The largest absolute Gasteiger partial charge is 0.325 e. The van der Waals surface area contributed by atoms with Crippen LogP contribution in [0, 0.1) is 19.7 Å². The van der Waals surface area contributed by atoms with Crippen molar-refractivity contribution in [3.8, 4) is 0 Å². The van der Waals surface area contributed by atoms with Crippen LogP contribution in [0.3, 0.4) is 0 Å². The number of anilines is 1. The van der Waals surface area contributed by atoms with Crippen LogP contribution in [0.4, 0.5) is 10.1 Å². The third-order valence-electron chi connectivity index (χ3n) is 4.01. The van der Waals surface area contributed by atoms with Gasteiger partial charge in [-0.15, -0.1) is 11.3 Å². The summed E-state index contributed by atoms with van der Waals surface area (Å²) in [6.45, 7) is 3.33. The number of aryl methyl sites for hydroxylation is 2. The lowest BCUT2D eigenvalue weighted by atomic mass is 10.0. The predicted molar refractivity (Wildman–Crippen MR) is 91.5 cm³/mol. The summed E-state index contributed by atoms with van der Waals surface area (Å²) in [5, 5.41) is 2.59. The average molecular weight is 382 g/mol. The molecule has 0 spiro atoms. The Morgan fingerprint density at radius 3 is 2.60 bits per heavy atom. The van der Waals surface area contributed by atoms with Gasteiger partial charge in [-0.2, -0.15) is 0 Å². The quantitative estimate of drug-likeness (QED) is 0.809. The van der Waals surface area contributed by atoms with E-state index in [-0.39, 0.29) is 9.77 Å². The molecule has 0 radical (unpaired) electrons. The lowest BCUT2D eigenvalue weighted by molar-refractivity contribution is -0.132. The van der Waals surface area contributed by atoms with E-state index in [1.807, 2.05) is 0 Å². The van der Waals surface area contributed by atoms with Crippen LogP contribution in [0.25, 0.3) is 0 Å². The molecule has 132 valence electrons. The molecule has 0 saturated carbocycles. The number of rotatable bonds is 2. The number of likely N-dealkylation sites (N-methyl/N-ethyl adjacent to an activating group) is 1. The number of nitrogens with zero attached hydrogens (tertiary/aromatic N) is 1. The van der Waals surface area contributed by atoms with Crippen molar-refractivity contribution in [2.75, 3.05) is 12.4 Å². The first kappa shape index (κ1) is 17.6. The van der Waals surface area contributed by atoms with E-state index in [1.54, 1.807) is 13.8 Å². The molecule has 0 saturated heterocycles. The van der Waals surface area contributed by atoms with Crippen molar-refractivity contribution in [1.82, 2.24) is 4.31 Å². The second-order valence-electron chi connectivity index (χ2n) is 5.78. The summed E-state index contributed by atoms with van der Waals surface area (Å²) in [7, 11) is -2.80. The van der Waals surface area contributed by atoms with Gasteiger partial charge in [0.1, 0.15) is 10.7 Å². The van der Waals surface area contributed by atoms with Crippen LogP contribution in [-0.4, -0.2) is 31.6 Å². The van der Waals surface area contributed by atoms with E-state index in [1.165, 1.54) is 24.3 Å². The standard InChI is InChI=1S/C16H15FN2O4S2/c1-8-6-10(17)4-5-11(8)18-15(20)13-14-12(7-9(2)24-14)25(22,23)19(3)16(13)21/h4-7,13H,1-3H3,(H,18,20). The van der Waals surface area contributed by atoms with Gasteiger partial charge in [0.25, 0.3) is 15.9 Å². The fourth-order valence-electron chi connectivity index (χ4n) is 2.68. The zero-order valence-electron chi connectivity index (χ0n) is 13.7. The number of hydrogen-bond donors (Lipinski definition) is 1. The summed E-state index contributed by atoms with van der Waals surface area (Å²) in [4.78, 5) is 26.1. The van der Waals surface area contributed by atoms with E-state index < -0.39 is 33.6 Å². The molecule has 2 aromatic rings. The summed E-state index contributed by atoms with van der Waals surface area (Å²) in [5.41, 5.74) is 0.866. The number of thiophene rings is 1. The zero-order chi connectivity index (χ0) is 18.5. The molecule has 1 aliphatic rings. The molecule has 1 unspecified atom stereocenters.